The van der Waals surface area contributed by atoms with Gasteiger partial charge < -0.3 is 11.1 Å². The molecule has 6 heteroatoms. The number of hydrogen-bond acceptors (Lipinski definition) is 3. The van der Waals surface area contributed by atoms with Crippen molar-refractivity contribution >= 4 is 30.1 Å². The van der Waals surface area contributed by atoms with Gasteiger partial charge in [-0.15, -0.1) is 12.4 Å². The second-order valence-corrected chi connectivity index (χ2v) is 5.17. The Bertz CT molecular complexity index is 418. The van der Waals surface area contributed by atoms with Gasteiger partial charge in [-0.05, 0) is 42.5 Å². The number of benzene rings is 1. The molecule has 0 radical (unpaired) electrons. The van der Waals surface area contributed by atoms with Gasteiger partial charge in [0, 0.05) is 6.54 Å². The molecule has 3 nitrogen and oxygen atoms in total. The van der Waals surface area contributed by atoms with Gasteiger partial charge in [-0.2, -0.15) is 11.8 Å². The van der Waals surface area contributed by atoms with Crippen molar-refractivity contribution < 1.29 is 9.18 Å². The number of amides is 1. The van der Waals surface area contributed by atoms with Crippen molar-refractivity contribution in [2.24, 2.45) is 5.73 Å². The van der Waals surface area contributed by atoms with Crippen LogP contribution in [0, 0.1) is 12.7 Å². The minimum atomic E-state index is -0.473. The number of nitrogens with one attached hydrogen (secondary N) is 1. The molecular weight excluding hydrogens is 287 g/mol. The van der Waals surface area contributed by atoms with E-state index in [1.807, 2.05) is 6.26 Å². The van der Waals surface area contributed by atoms with Crippen LogP contribution < -0.4 is 11.1 Å². The standard InChI is InChI=1S/C13H19FN2OS.ClH/c1-9-7-10(3-4-11(9)14)8-16-13(17)12(15)5-6-18-2;/h3-4,7,12H,5-6,8,15H2,1-2H3,(H,16,17);1H. The lowest BCUT2D eigenvalue weighted by Crippen LogP contribution is -2.40. The van der Waals surface area contributed by atoms with E-state index in [0.29, 0.717) is 18.5 Å². The SMILES string of the molecule is CSCCC(N)C(=O)NCc1ccc(F)c(C)c1.Cl. The van der Waals surface area contributed by atoms with Crippen molar-refractivity contribution in [3.63, 3.8) is 0 Å². The summed E-state index contributed by atoms with van der Waals surface area (Å²) >= 11 is 1.66. The highest BCUT2D eigenvalue weighted by Gasteiger charge is 2.12. The molecular formula is C13H20ClFN2OS. The zero-order valence-corrected chi connectivity index (χ0v) is 12.7. The smallest absolute Gasteiger partial charge is 0.237 e. The Labute approximate surface area is 123 Å². The topological polar surface area (TPSA) is 55.1 Å². The first-order chi connectivity index (χ1) is 8.54. The lowest BCUT2D eigenvalue weighted by Gasteiger charge is -2.12. The quantitative estimate of drug-likeness (QED) is 0.847. The van der Waals surface area contributed by atoms with Crippen molar-refractivity contribution in [1.29, 1.82) is 0 Å². The first kappa shape index (κ1) is 18.2. The van der Waals surface area contributed by atoms with E-state index in [4.69, 9.17) is 5.73 Å². The maximum absolute atomic E-state index is 13.1. The molecule has 1 aromatic carbocycles. The molecule has 0 aliphatic rings. The summed E-state index contributed by atoms with van der Waals surface area (Å²) in [6.45, 7) is 2.08. The van der Waals surface area contributed by atoms with E-state index in [-0.39, 0.29) is 24.1 Å². The molecule has 1 unspecified atom stereocenters. The molecule has 3 N–H and O–H groups in total. The van der Waals surface area contributed by atoms with Crippen LogP contribution in [0.5, 0.6) is 0 Å². The summed E-state index contributed by atoms with van der Waals surface area (Å²) in [5.74, 6) is 0.470. The second-order valence-electron chi connectivity index (χ2n) is 4.19. The first-order valence-electron chi connectivity index (χ1n) is 5.82. The van der Waals surface area contributed by atoms with Crippen LogP contribution in [0.4, 0.5) is 4.39 Å². The predicted molar refractivity (Wildman–Crippen MR) is 81.2 cm³/mol. The molecule has 0 bridgehead atoms. The number of nitrogens with two attached hydrogens (primary N) is 1. The number of aryl methyl sites for hydroxylation is 1. The first-order valence-corrected chi connectivity index (χ1v) is 7.21. The van der Waals surface area contributed by atoms with Gasteiger partial charge in [0.25, 0.3) is 0 Å². The number of hydrogen-bond donors (Lipinski definition) is 2. The van der Waals surface area contributed by atoms with Crippen LogP contribution in [0.1, 0.15) is 17.5 Å². The molecule has 0 heterocycles. The molecule has 0 spiro atoms. The molecule has 1 amide bonds. The van der Waals surface area contributed by atoms with E-state index in [0.717, 1.165) is 11.3 Å². The van der Waals surface area contributed by atoms with Gasteiger partial charge in [0.2, 0.25) is 5.91 Å². The second kappa shape index (κ2) is 9.18. The summed E-state index contributed by atoms with van der Waals surface area (Å²) in [7, 11) is 0. The predicted octanol–water partition coefficient (Wildman–Crippen LogP) is 2.25. The number of rotatable bonds is 6. The van der Waals surface area contributed by atoms with Crippen molar-refractivity contribution in [3.05, 3.63) is 35.1 Å². The fourth-order valence-electron chi connectivity index (χ4n) is 1.51. The van der Waals surface area contributed by atoms with E-state index in [2.05, 4.69) is 5.32 Å². The molecule has 1 rings (SSSR count). The summed E-state index contributed by atoms with van der Waals surface area (Å²) in [6.07, 6.45) is 2.64. The van der Waals surface area contributed by atoms with Crippen molar-refractivity contribution in [3.8, 4) is 0 Å². The summed E-state index contributed by atoms with van der Waals surface area (Å²) in [5.41, 5.74) is 7.19. The van der Waals surface area contributed by atoms with E-state index in [9.17, 15) is 9.18 Å². The van der Waals surface area contributed by atoms with Crippen LogP contribution in [0.2, 0.25) is 0 Å². The van der Waals surface area contributed by atoms with Gasteiger partial charge in [0.15, 0.2) is 0 Å². The van der Waals surface area contributed by atoms with Gasteiger partial charge in [0.05, 0.1) is 6.04 Å². The molecule has 0 saturated heterocycles. The third-order valence-corrected chi connectivity index (χ3v) is 3.30. The van der Waals surface area contributed by atoms with Crippen LogP contribution >= 0.6 is 24.2 Å². The Morgan fingerprint density at radius 2 is 2.21 bits per heavy atom. The summed E-state index contributed by atoms with van der Waals surface area (Å²) < 4.78 is 13.1. The Balaban J connectivity index is 0.00000324. The van der Waals surface area contributed by atoms with Gasteiger partial charge in [0.1, 0.15) is 5.82 Å². The molecule has 0 saturated carbocycles. The monoisotopic (exact) mass is 306 g/mol. The minimum Gasteiger partial charge on any atom is -0.351 e. The zero-order valence-electron chi connectivity index (χ0n) is 11.1. The van der Waals surface area contributed by atoms with E-state index in [1.54, 1.807) is 30.8 Å². The highest BCUT2D eigenvalue weighted by Crippen LogP contribution is 2.09. The van der Waals surface area contributed by atoms with Crippen molar-refractivity contribution in [2.45, 2.75) is 25.9 Å². The Hall–Kier alpha value is -0.780. The van der Waals surface area contributed by atoms with E-state index in [1.165, 1.54) is 6.07 Å². The average molecular weight is 307 g/mol. The fraction of sp³-hybridized carbons (Fsp3) is 0.462. The van der Waals surface area contributed by atoms with Crippen LogP contribution in [0.15, 0.2) is 18.2 Å². The van der Waals surface area contributed by atoms with Gasteiger partial charge in [-0.25, -0.2) is 4.39 Å². The number of thioether (sulfide) groups is 1. The maximum atomic E-state index is 13.1. The molecule has 108 valence electrons. The third-order valence-electron chi connectivity index (χ3n) is 2.66. The average Bonchev–Trinajstić information content (AvgIpc) is 2.36. The zero-order chi connectivity index (χ0) is 13.5. The molecule has 0 aliphatic carbocycles. The lowest BCUT2D eigenvalue weighted by molar-refractivity contribution is -0.122. The van der Waals surface area contributed by atoms with Gasteiger partial charge in [-0.3, -0.25) is 4.79 Å². The fourth-order valence-corrected chi connectivity index (χ4v) is 2.00. The summed E-state index contributed by atoms with van der Waals surface area (Å²) in [5, 5.41) is 2.76. The third kappa shape index (κ3) is 6.27. The number of carbonyl (C=O) groups is 1. The minimum absolute atomic E-state index is 0. The number of halogens is 2. The van der Waals surface area contributed by atoms with Crippen LogP contribution in [0.25, 0.3) is 0 Å². The van der Waals surface area contributed by atoms with Crippen LogP contribution in [-0.4, -0.2) is 24.0 Å². The van der Waals surface area contributed by atoms with Crippen LogP contribution in [0.3, 0.4) is 0 Å². The Morgan fingerprint density at radius 1 is 1.53 bits per heavy atom. The van der Waals surface area contributed by atoms with Gasteiger partial charge >= 0.3 is 0 Å². The largest absolute Gasteiger partial charge is 0.351 e. The Morgan fingerprint density at radius 3 is 2.79 bits per heavy atom. The van der Waals surface area contributed by atoms with E-state index < -0.39 is 6.04 Å². The van der Waals surface area contributed by atoms with Crippen LogP contribution in [-0.2, 0) is 11.3 Å². The molecule has 19 heavy (non-hydrogen) atoms. The molecule has 0 fully saturated rings. The Kier molecular flexibility index (Phi) is 8.80. The van der Waals surface area contributed by atoms with E-state index >= 15 is 0 Å². The number of carbonyl (C=O) groups excluding carboxylic acids is 1. The lowest BCUT2D eigenvalue weighted by atomic mass is 10.1. The highest BCUT2D eigenvalue weighted by atomic mass is 35.5. The molecule has 0 aromatic heterocycles. The summed E-state index contributed by atoms with van der Waals surface area (Å²) in [6, 6.07) is 4.32. The normalized spacial score (nSPS) is 11.6. The van der Waals surface area contributed by atoms with Crippen molar-refractivity contribution in [1.82, 2.24) is 5.32 Å². The van der Waals surface area contributed by atoms with Crippen molar-refractivity contribution in [2.75, 3.05) is 12.0 Å². The summed E-state index contributed by atoms with van der Waals surface area (Å²) in [4.78, 5) is 11.7. The molecule has 0 aliphatic heterocycles. The molecule has 1 aromatic rings. The molecule has 1 atom stereocenters. The highest BCUT2D eigenvalue weighted by molar-refractivity contribution is 7.98. The maximum Gasteiger partial charge on any atom is 0.237 e. The van der Waals surface area contributed by atoms with Gasteiger partial charge in [-0.1, -0.05) is 12.1 Å².